The monoisotopic (exact) mass is 292 g/mol. The zero-order chi connectivity index (χ0) is 15.4. The molecule has 3 nitrogen and oxygen atoms in total. The minimum Gasteiger partial charge on any atom is -0.338 e. The Labute approximate surface area is 126 Å². The maximum atomic E-state index is 13.4. The number of nitrogens with one attached hydrogen (secondary N) is 1. The van der Waals surface area contributed by atoms with Crippen LogP contribution >= 0.6 is 0 Å². The standard InChI is InChI=1S/C17H25FN2O/c1-4-13-11-20(9-8-16(13)19-5-2)17(21)15-10-14(18)7-6-12(15)3/h6-7,10,13,16,19H,4-5,8-9,11H2,1-3H3. The third-order valence-electron chi connectivity index (χ3n) is 4.44. The van der Waals surface area contributed by atoms with Gasteiger partial charge in [0.2, 0.25) is 0 Å². The fourth-order valence-electron chi connectivity index (χ4n) is 3.16. The highest BCUT2D eigenvalue weighted by Crippen LogP contribution is 2.23. The lowest BCUT2D eigenvalue weighted by Crippen LogP contribution is -2.51. The summed E-state index contributed by atoms with van der Waals surface area (Å²) in [6, 6.07) is 4.91. The molecule has 0 aliphatic carbocycles. The Morgan fingerprint density at radius 1 is 1.43 bits per heavy atom. The smallest absolute Gasteiger partial charge is 0.254 e. The third kappa shape index (κ3) is 3.62. The van der Waals surface area contributed by atoms with E-state index in [0.29, 0.717) is 17.5 Å². The maximum Gasteiger partial charge on any atom is 0.254 e. The molecule has 0 spiro atoms. The van der Waals surface area contributed by atoms with E-state index in [1.807, 2.05) is 11.8 Å². The van der Waals surface area contributed by atoms with Crippen molar-refractivity contribution < 1.29 is 9.18 Å². The average molecular weight is 292 g/mol. The van der Waals surface area contributed by atoms with Crippen molar-refractivity contribution in [2.75, 3.05) is 19.6 Å². The molecule has 1 amide bonds. The zero-order valence-corrected chi connectivity index (χ0v) is 13.2. The Hall–Kier alpha value is -1.42. The second kappa shape index (κ2) is 7.03. The van der Waals surface area contributed by atoms with Gasteiger partial charge in [-0.25, -0.2) is 4.39 Å². The van der Waals surface area contributed by atoms with E-state index in [1.165, 1.54) is 12.1 Å². The minimum atomic E-state index is -0.349. The Morgan fingerprint density at radius 2 is 2.19 bits per heavy atom. The molecular formula is C17H25FN2O. The quantitative estimate of drug-likeness (QED) is 0.925. The second-order valence-corrected chi connectivity index (χ2v) is 5.83. The molecule has 116 valence electrons. The fourth-order valence-corrected chi connectivity index (χ4v) is 3.16. The van der Waals surface area contributed by atoms with E-state index in [-0.39, 0.29) is 11.7 Å². The summed E-state index contributed by atoms with van der Waals surface area (Å²) in [6.45, 7) is 8.58. The van der Waals surface area contributed by atoms with Crippen LogP contribution in [0.5, 0.6) is 0 Å². The van der Waals surface area contributed by atoms with Crippen LogP contribution in [0.4, 0.5) is 4.39 Å². The van der Waals surface area contributed by atoms with Crippen molar-refractivity contribution in [3.05, 3.63) is 35.1 Å². The zero-order valence-electron chi connectivity index (χ0n) is 13.2. The van der Waals surface area contributed by atoms with Gasteiger partial charge >= 0.3 is 0 Å². The highest BCUT2D eigenvalue weighted by Gasteiger charge is 2.30. The van der Waals surface area contributed by atoms with Crippen LogP contribution < -0.4 is 5.32 Å². The van der Waals surface area contributed by atoms with Crippen molar-refractivity contribution >= 4 is 5.91 Å². The van der Waals surface area contributed by atoms with Crippen LogP contribution in [0.15, 0.2) is 18.2 Å². The Morgan fingerprint density at radius 3 is 2.86 bits per heavy atom. The molecule has 0 bridgehead atoms. The number of rotatable bonds is 4. The lowest BCUT2D eigenvalue weighted by Gasteiger charge is -2.39. The van der Waals surface area contributed by atoms with Gasteiger partial charge in [0.15, 0.2) is 0 Å². The van der Waals surface area contributed by atoms with Gasteiger partial charge in [-0.3, -0.25) is 4.79 Å². The van der Waals surface area contributed by atoms with Gasteiger partial charge < -0.3 is 10.2 Å². The number of nitrogens with zero attached hydrogens (tertiary/aromatic N) is 1. The average Bonchev–Trinajstić information content (AvgIpc) is 2.49. The molecule has 2 rings (SSSR count). The first-order valence-corrected chi connectivity index (χ1v) is 7.85. The van der Waals surface area contributed by atoms with Gasteiger partial charge in [-0.2, -0.15) is 0 Å². The normalized spacial score (nSPS) is 22.4. The van der Waals surface area contributed by atoms with Crippen LogP contribution in [0.1, 0.15) is 42.6 Å². The molecule has 1 aliphatic heterocycles. The van der Waals surface area contributed by atoms with E-state index < -0.39 is 0 Å². The van der Waals surface area contributed by atoms with Gasteiger partial charge in [0.1, 0.15) is 5.82 Å². The summed E-state index contributed by atoms with van der Waals surface area (Å²) in [7, 11) is 0. The fraction of sp³-hybridized carbons (Fsp3) is 0.588. The second-order valence-electron chi connectivity index (χ2n) is 5.83. The van der Waals surface area contributed by atoms with Crippen molar-refractivity contribution in [3.8, 4) is 0 Å². The number of amides is 1. The van der Waals surface area contributed by atoms with Crippen molar-refractivity contribution in [1.29, 1.82) is 0 Å². The van der Waals surface area contributed by atoms with Gasteiger partial charge in [-0.05, 0) is 43.5 Å². The number of carbonyl (C=O) groups is 1. The molecule has 0 radical (unpaired) electrons. The Balaban J connectivity index is 2.12. The maximum absolute atomic E-state index is 13.4. The van der Waals surface area contributed by atoms with E-state index in [4.69, 9.17) is 0 Å². The summed E-state index contributed by atoms with van der Waals surface area (Å²) in [6.07, 6.45) is 2.01. The lowest BCUT2D eigenvalue weighted by atomic mass is 9.89. The van der Waals surface area contributed by atoms with E-state index in [1.54, 1.807) is 6.07 Å². The Bertz CT molecular complexity index is 504. The molecule has 0 saturated carbocycles. The third-order valence-corrected chi connectivity index (χ3v) is 4.44. The van der Waals surface area contributed by atoms with E-state index in [0.717, 1.165) is 38.0 Å². The first-order valence-electron chi connectivity index (χ1n) is 7.85. The van der Waals surface area contributed by atoms with E-state index >= 15 is 0 Å². The first kappa shape index (κ1) is 16.0. The van der Waals surface area contributed by atoms with Gasteiger partial charge in [-0.15, -0.1) is 0 Å². The number of carbonyl (C=O) groups excluding carboxylic acids is 1. The number of hydrogen-bond acceptors (Lipinski definition) is 2. The molecular weight excluding hydrogens is 267 g/mol. The summed E-state index contributed by atoms with van der Waals surface area (Å²) in [4.78, 5) is 14.5. The predicted molar refractivity (Wildman–Crippen MR) is 82.9 cm³/mol. The summed E-state index contributed by atoms with van der Waals surface area (Å²) >= 11 is 0. The van der Waals surface area contributed by atoms with Crippen molar-refractivity contribution in [2.45, 2.75) is 39.7 Å². The summed E-state index contributed by atoms with van der Waals surface area (Å²) in [5, 5.41) is 3.51. The van der Waals surface area contributed by atoms with Crippen LogP contribution in [0.25, 0.3) is 0 Å². The largest absolute Gasteiger partial charge is 0.338 e. The molecule has 1 aromatic rings. The molecule has 1 heterocycles. The number of halogens is 1. The molecule has 2 unspecified atom stereocenters. The van der Waals surface area contributed by atoms with Crippen LogP contribution in [-0.2, 0) is 0 Å². The molecule has 1 aromatic carbocycles. The molecule has 1 N–H and O–H groups in total. The Kier molecular flexibility index (Phi) is 5.34. The number of hydrogen-bond donors (Lipinski definition) is 1. The minimum absolute atomic E-state index is 0.0413. The summed E-state index contributed by atoms with van der Waals surface area (Å²) in [5.74, 6) is 0.0791. The van der Waals surface area contributed by atoms with Crippen LogP contribution in [0.3, 0.4) is 0 Å². The molecule has 4 heteroatoms. The van der Waals surface area contributed by atoms with Crippen molar-refractivity contribution in [3.63, 3.8) is 0 Å². The van der Waals surface area contributed by atoms with E-state index in [2.05, 4.69) is 19.2 Å². The SMILES string of the molecule is CCNC1CCN(C(=O)c2cc(F)ccc2C)CC1CC. The summed E-state index contributed by atoms with van der Waals surface area (Å²) < 4.78 is 13.4. The molecule has 1 saturated heterocycles. The number of piperidine rings is 1. The van der Waals surface area contributed by atoms with Gasteiger partial charge in [0.05, 0.1) is 0 Å². The van der Waals surface area contributed by atoms with Crippen molar-refractivity contribution in [2.24, 2.45) is 5.92 Å². The van der Waals surface area contributed by atoms with Gasteiger partial charge in [0, 0.05) is 24.7 Å². The van der Waals surface area contributed by atoms with Gasteiger partial charge in [-0.1, -0.05) is 26.3 Å². The number of aryl methyl sites for hydroxylation is 1. The molecule has 1 aliphatic rings. The highest BCUT2D eigenvalue weighted by molar-refractivity contribution is 5.95. The summed E-state index contributed by atoms with van der Waals surface area (Å²) in [5.41, 5.74) is 1.33. The predicted octanol–water partition coefficient (Wildman–Crippen LogP) is 2.98. The molecule has 0 aromatic heterocycles. The first-order chi connectivity index (χ1) is 10.1. The van der Waals surface area contributed by atoms with Crippen LogP contribution in [-0.4, -0.2) is 36.5 Å². The van der Waals surface area contributed by atoms with Gasteiger partial charge in [0.25, 0.3) is 5.91 Å². The molecule has 1 fully saturated rings. The highest BCUT2D eigenvalue weighted by atomic mass is 19.1. The number of benzene rings is 1. The molecule has 21 heavy (non-hydrogen) atoms. The topological polar surface area (TPSA) is 32.3 Å². The van der Waals surface area contributed by atoms with Crippen LogP contribution in [0.2, 0.25) is 0 Å². The molecule has 2 atom stereocenters. The number of likely N-dealkylation sites (tertiary alicyclic amines) is 1. The van der Waals surface area contributed by atoms with Crippen molar-refractivity contribution in [1.82, 2.24) is 10.2 Å². The van der Waals surface area contributed by atoms with Crippen LogP contribution in [0, 0.1) is 18.7 Å². The lowest BCUT2D eigenvalue weighted by molar-refractivity contribution is 0.0627. The van der Waals surface area contributed by atoms with E-state index in [9.17, 15) is 9.18 Å².